The van der Waals surface area contributed by atoms with Crippen molar-refractivity contribution in [2.75, 3.05) is 36.0 Å². The lowest BCUT2D eigenvalue weighted by Crippen LogP contribution is -2.54. The molecule has 0 radical (unpaired) electrons. The topological polar surface area (TPSA) is 81.8 Å². The number of nitrogens with one attached hydrogen (secondary N) is 2. The average molecular weight is 394 g/mol. The maximum absolute atomic E-state index is 13.5. The molecule has 1 aromatic carbocycles. The van der Waals surface area contributed by atoms with Gasteiger partial charge in [-0.3, -0.25) is 24.6 Å². The number of hydrogen-bond donors (Lipinski definition) is 2. The Kier molecular flexibility index (Phi) is 3.50. The predicted molar refractivity (Wildman–Crippen MR) is 108 cm³/mol. The summed E-state index contributed by atoms with van der Waals surface area (Å²) in [5.74, 6) is -0.549. The number of rotatable bonds is 2. The van der Waals surface area contributed by atoms with E-state index < -0.39 is 11.5 Å². The van der Waals surface area contributed by atoms with Crippen LogP contribution in [0.3, 0.4) is 0 Å². The summed E-state index contributed by atoms with van der Waals surface area (Å²) in [6.07, 6.45) is 4.77. The molecular weight excluding hydrogens is 368 g/mol. The molecule has 2 spiro atoms. The summed E-state index contributed by atoms with van der Waals surface area (Å²) < 4.78 is 0. The highest BCUT2D eigenvalue weighted by Gasteiger charge is 2.62. The minimum Gasteiger partial charge on any atom is -0.371 e. The quantitative estimate of drug-likeness (QED) is 0.733. The van der Waals surface area contributed by atoms with E-state index in [9.17, 15) is 14.4 Å². The second-order valence-electron chi connectivity index (χ2n) is 9.49. The van der Waals surface area contributed by atoms with Crippen molar-refractivity contribution >= 4 is 29.1 Å². The molecule has 2 atom stereocenters. The molecule has 0 bridgehead atoms. The molecule has 3 saturated heterocycles. The van der Waals surface area contributed by atoms with Gasteiger partial charge < -0.3 is 10.2 Å². The molecule has 7 nitrogen and oxygen atoms in total. The Morgan fingerprint density at radius 3 is 2.59 bits per heavy atom. The number of carbonyl (C=O) groups is 3. The summed E-state index contributed by atoms with van der Waals surface area (Å²) >= 11 is 0. The Bertz CT molecular complexity index is 932. The molecule has 1 aliphatic carbocycles. The monoisotopic (exact) mass is 394 g/mol. The van der Waals surface area contributed by atoms with Gasteiger partial charge in [-0.15, -0.1) is 0 Å². The number of benzene rings is 1. The van der Waals surface area contributed by atoms with Crippen molar-refractivity contribution in [3.63, 3.8) is 0 Å². The molecule has 2 unspecified atom stereocenters. The SMILES string of the molecule is O=C1CCC(N2C(=O)C3(CC3)c3c(N4CCC5(CCNC5)C4)cccc32)C(=O)N1. The largest absolute Gasteiger partial charge is 0.371 e. The summed E-state index contributed by atoms with van der Waals surface area (Å²) in [6, 6.07) is 5.57. The van der Waals surface area contributed by atoms with Crippen LogP contribution in [0.5, 0.6) is 0 Å². The lowest BCUT2D eigenvalue weighted by Gasteiger charge is -2.30. The van der Waals surface area contributed by atoms with Gasteiger partial charge in [-0.25, -0.2) is 0 Å². The van der Waals surface area contributed by atoms with Crippen LogP contribution in [-0.2, 0) is 19.8 Å². The molecule has 3 amide bonds. The minimum absolute atomic E-state index is 0.0471. The van der Waals surface area contributed by atoms with E-state index in [-0.39, 0.29) is 24.1 Å². The molecule has 5 aliphatic rings. The highest BCUT2D eigenvalue weighted by atomic mass is 16.2. The number of piperidine rings is 1. The number of hydrogen-bond acceptors (Lipinski definition) is 5. The lowest BCUT2D eigenvalue weighted by molar-refractivity contribution is -0.135. The third kappa shape index (κ3) is 2.37. The summed E-state index contributed by atoms with van der Waals surface area (Å²) in [7, 11) is 0. The van der Waals surface area contributed by atoms with E-state index in [1.165, 1.54) is 18.5 Å². The van der Waals surface area contributed by atoms with E-state index in [2.05, 4.69) is 21.6 Å². The van der Waals surface area contributed by atoms with Crippen LogP contribution in [0.15, 0.2) is 18.2 Å². The van der Waals surface area contributed by atoms with Crippen LogP contribution in [0.1, 0.15) is 44.1 Å². The van der Waals surface area contributed by atoms with Crippen LogP contribution in [0.2, 0.25) is 0 Å². The fourth-order valence-corrected chi connectivity index (χ4v) is 6.04. The van der Waals surface area contributed by atoms with Gasteiger partial charge in [0.25, 0.3) is 0 Å². The van der Waals surface area contributed by atoms with Crippen LogP contribution < -0.4 is 20.4 Å². The van der Waals surface area contributed by atoms with Crippen molar-refractivity contribution in [2.24, 2.45) is 5.41 Å². The first-order valence-corrected chi connectivity index (χ1v) is 10.8. The van der Waals surface area contributed by atoms with Gasteiger partial charge in [-0.2, -0.15) is 0 Å². The maximum Gasteiger partial charge on any atom is 0.249 e. The van der Waals surface area contributed by atoms with Crippen molar-refractivity contribution in [2.45, 2.75) is 50.0 Å². The average Bonchev–Trinajstić information content (AvgIpc) is 3.09. The maximum atomic E-state index is 13.5. The smallest absolute Gasteiger partial charge is 0.249 e. The molecule has 0 aromatic heterocycles. The van der Waals surface area contributed by atoms with E-state index >= 15 is 0 Å². The van der Waals surface area contributed by atoms with Gasteiger partial charge >= 0.3 is 0 Å². The van der Waals surface area contributed by atoms with Crippen molar-refractivity contribution in [1.29, 1.82) is 0 Å². The number of imide groups is 1. The van der Waals surface area contributed by atoms with Gasteiger partial charge in [0, 0.05) is 42.7 Å². The highest BCUT2D eigenvalue weighted by molar-refractivity contribution is 6.16. The summed E-state index contributed by atoms with van der Waals surface area (Å²) in [5, 5.41) is 5.93. The number of anilines is 2. The van der Waals surface area contributed by atoms with E-state index in [0.29, 0.717) is 11.8 Å². The molecular formula is C22H26N4O3. The van der Waals surface area contributed by atoms with Crippen molar-refractivity contribution in [3.8, 4) is 0 Å². The first-order valence-electron chi connectivity index (χ1n) is 10.8. The van der Waals surface area contributed by atoms with E-state index in [1.807, 2.05) is 12.1 Å². The number of nitrogens with zero attached hydrogens (tertiary/aromatic N) is 2. The van der Waals surface area contributed by atoms with Crippen molar-refractivity contribution in [3.05, 3.63) is 23.8 Å². The molecule has 29 heavy (non-hydrogen) atoms. The Morgan fingerprint density at radius 2 is 1.86 bits per heavy atom. The fourth-order valence-electron chi connectivity index (χ4n) is 6.04. The molecule has 1 saturated carbocycles. The van der Waals surface area contributed by atoms with E-state index in [0.717, 1.165) is 50.3 Å². The normalized spacial score (nSPS) is 32.4. The second-order valence-corrected chi connectivity index (χ2v) is 9.49. The third-order valence-corrected chi connectivity index (χ3v) is 7.77. The van der Waals surface area contributed by atoms with Gasteiger partial charge in [0.2, 0.25) is 17.7 Å². The summed E-state index contributed by atoms with van der Waals surface area (Å²) in [5.41, 5.74) is 3.07. The molecule has 4 heterocycles. The van der Waals surface area contributed by atoms with Crippen LogP contribution in [0, 0.1) is 5.41 Å². The van der Waals surface area contributed by atoms with Crippen LogP contribution in [0.4, 0.5) is 11.4 Å². The third-order valence-electron chi connectivity index (χ3n) is 7.77. The lowest BCUT2D eigenvalue weighted by atomic mass is 9.86. The Hall–Kier alpha value is -2.41. The number of amides is 3. The summed E-state index contributed by atoms with van der Waals surface area (Å²) in [4.78, 5) is 41.8. The summed E-state index contributed by atoms with van der Waals surface area (Å²) in [6.45, 7) is 4.21. The fraction of sp³-hybridized carbons (Fsp3) is 0.591. The van der Waals surface area contributed by atoms with E-state index in [1.54, 1.807) is 4.90 Å². The Labute approximate surface area is 169 Å². The van der Waals surface area contributed by atoms with Crippen LogP contribution in [0.25, 0.3) is 0 Å². The molecule has 152 valence electrons. The van der Waals surface area contributed by atoms with Gasteiger partial charge in [-0.1, -0.05) is 6.07 Å². The van der Waals surface area contributed by atoms with Crippen LogP contribution in [-0.4, -0.2) is 49.9 Å². The van der Waals surface area contributed by atoms with Crippen molar-refractivity contribution in [1.82, 2.24) is 10.6 Å². The highest BCUT2D eigenvalue weighted by Crippen LogP contribution is 2.61. The standard InChI is InChI=1S/C22H26N4O3/c27-17-5-4-16(19(28)24-17)26-15-3-1-2-14(18(15)22(6-7-22)20(26)29)25-11-9-21(13-25)8-10-23-12-21/h1-3,16,23H,4-13H2,(H,24,27,28). The first-order chi connectivity index (χ1) is 14.0. The first kappa shape index (κ1) is 17.4. The zero-order chi connectivity index (χ0) is 19.8. The van der Waals surface area contributed by atoms with Crippen LogP contribution >= 0.6 is 0 Å². The molecule has 4 aliphatic heterocycles. The zero-order valence-corrected chi connectivity index (χ0v) is 16.5. The molecule has 1 aromatic rings. The second kappa shape index (κ2) is 5.81. The minimum atomic E-state index is -0.585. The molecule has 4 fully saturated rings. The van der Waals surface area contributed by atoms with Gasteiger partial charge in [0.05, 0.1) is 11.1 Å². The Balaban J connectivity index is 1.40. The molecule has 6 rings (SSSR count). The molecule has 7 heteroatoms. The molecule has 2 N–H and O–H groups in total. The van der Waals surface area contributed by atoms with Crippen molar-refractivity contribution < 1.29 is 14.4 Å². The van der Waals surface area contributed by atoms with Gasteiger partial charge in [0.15, 0.2) is 0 Å². The number of fused-ring (bicyclic) bond motifs is 2. The van der Waals surface area contributed by atoms with Gasteiger partial charge in [0.1, 0.15) is 6.04 Å². The van der Waals surface area contributed by atoms with E-state index in [4.69, 9.17) is 0 Å². The Morgan fingerprint density at radius 1 is 1.03 bits per heavy atom. The van der Waals surface area contributed by atoms with Gasteiger partial charge in [-0.05, 0) is 50.8 Å². The zero-order valence-electron chi connectivity index (χ0n) is 16.5. The number of carbonyl (C=O) groups excluding carboxylic acids is 3. The predicted octanol–water partition coefficient (Wildman–Crippen LogP) is 1.06.